The maximum absolute atomic E-state index is 5.34. The van der Waals surface area contributed by atoms with Gasteiger partial charge >= 0.3 is 0 Å². The molecule has 1 aromatic carbocycles. The summed E-state index contributed by atoms with van der Waals surface area (Å²) in [5.41, 5.74) is 2.83. The third-order valence-corrected chi connectivity index (χ3v) is 4.30. The van der Waals surface area contributed by atoms with Gasteiger partial charge in [0.05, 0.1) is 11.2 Å². The van der Waals surface area contributed by atoms with Crippen LogP contribution in [0.4, 0.5) is 0 Å². The zero-order valence-electron chi connectivity index (χ0n) is 12.9. The first-order chi connectivity index (χ1) is 9.35. The first-order valence-corrected chi connectivity index (χ1v) is 7.73. The molecule has 1 heterocycles. The van der Waals surface area contributed by atoms with Gasteiger partial charge in [-0.05, 0) is 63.9 Å². The molecule has 0 unspecified atom stereocenters. The Hall–Kier alpha value is -1.19. The number of benzene rings is 1. The molecule has 0 aliphatic heterocycles. The van der Waals surface area contributed by atoms with Crippen LogP contribution < -0.4 is 5.32 Å². The van der Waals surface area contributed by atoms with Gasteiger partial charge in [0.15, 0.2) is 0 Å². The highest BCUT2D eigenvalue weighted by atomic mass is 32.2. The van der Waals surface area contributed by atoms with E-state index in [4.69, 9.17) is 4.42 Å². The maximum Gasteiger partial charge on any atom is 0.114 e. The third-order valence-electron chi connectivity index (χ3n) is 3.16. The van der Waals surface area contributed by atoms with Crippen LogP contribution >= 0.6 is 11.8 Å². The lowest BCUT2D eigenvalue weighted by atomic mass is 10.1. The normalized spacial score (nSPS) is 11.8. The molecule has 0 aliphatic carbocycles. The fourth-order valence-corrected chi connectivity index (χ4v) is 2.84. The monoisotopic (exact) mass is 289 g/mol. The predicted molar refractivity (Wildman–Crippen MR) is 85.3 cm³/mol. The first-order valence-electron chi connectivity index (χ1n) is 6.92. The van der Waals surface area contributed by atoms with Crippen LogP contribution in [0.15, 0.2) is 44.7 Å². The molecule has 0 aliphatic rings. The molecule has 20 heavy (non-hydrogen) atoms. The predicted octanol–water partition coefficient (Wildman–Crippen LogP) is 4.94. The molecule has 0 saturated carbocycles. The summed E-state index contributed by atoms with van der Waals surface area (Å²) in [6, 6.07) is 8.66. The highest BCUT2D eigenvalue weighted by Crippen LogP contribution is 2.31. The summed E-state index contributed by atoms with van der Waals surface area (Å²) < 4.78 is 5.34. The number of hydrogen-bond acceptors (Lipinski definition) is 3. The second kappa shape index (κ2) is 6.06. The van der Waals surface area contributed by atoms with Gasteiger partial charge < -0.3 is 9.73 Å². The molecule has 108 valence electrons. The van der Waals surface area contributed by atoms with Crippen molar-refractivity contribution in [2.75, 3.05) is 0 Å². The van der Waals surface area contributed by atoms with Crippen LogP contribution in [0.3, 0.4) is 0 Å². The van der Waals surface area contributed by atoms with Crippen molar-refractivity contribution in [3.05, 3.63) is 47.4 Å². The van der Waals surface area contributed by atoms with E-state index in [1.165, 1.54) is 20.9 Å². The van der Waals surface area contributed by atoms with E-state index in [1.54, 1.807) is 18.0 Å². The van der Waals surface area contributed by atoms with Gasteiger partial charge in [-0.1, -0.05) is 17.8 Å². The van der Waals surface area contributed by atoms with Gasteiger partial charge in [0, 0.05) is 17.0 Å². The van der Waals surface area contributed by atoms with Crippen molar-refractivity contribution in [2.45, 2.75) is 56.5 Å². The van der Waals surface area contributed by atoms with Gasteiger partial charge in [-0.2, -0.15) is 0 Å². The van der Waals surface area contributed by atoms with E-state index in [0.717, 1.165) is 12.3 Å². The number of aryl methyl sites for hydroxylation is 2. The third kappa shape index (κ3) is 4.15. The molecule has 0 atom stereocenters. The highest BCUT2D eigenvalue weighted by molar-refractivity contribution is 7.99. The lowest BCUT2D eigenvalue weighted by molar-refractivity contribution is 0.424. The number of hydrogen-bond donors (Lipinski definition) is 1. The molecule has 2 rings (SSSR count). The Labute approximate surface area is 126 Å². The number of rotatable bonds is 4. The molecule has 0 radical (unpaired) electrons. The van der Waals surface area contributed by atoms with E-state index < -0.39 is 0 Å². The van der Waals surface area contributed by atoms with Gasteiger partial charge in [-0.15, -0.1) is 0 Å². The van der Waals surface area contributed by atoms with Gasteiger partial charge in [0.2, 0.25) is 0 Å². The Morgan fingerprint density at radius 3 is 2.45 bits per heavy atom. The van der Waals surface area contributed by atoms with Crippen molar-refractivity contribution in [3.8, 4) is 0 Å². The summed E-state index contributed by atoms with van der Waals surface area (Å²) in [5, 5.41) is 3.53. The van der Waals surface area contributed by atoms with E-state index >= 15 is 0 Å². The van der Waals surface area contributed by atoms with E-state index in [2.05, 4.69) is 51.2 Å². The van der Waals surface area contributed by atoms with Crippen LogP contribution in [0, 0.1) is 13.8 Å². The molecule has 2 aromatic rings. The Bertz CT molecular complexity index is 581. The van der Waals surface area contributed by atoms with Crippen LogP contribution in [0.1, 0.15) is 37.7 Å². The summed E-state index contributed by atoms with van der Waals surface area (Å²) >= 11 is 1.75. The lowest BCUT2D eigenvalue weighted by Gasteiger charge is -2.21. The van der Waals surface area contributed by atoms with Crippen LogP contribution in [-0.4, -0.2) is 5.54 Å². The van der Waals surface area contributed by atoms with E-state index in [1.807, 2.05) is 13.0 Å². The molecule has 0 fully saturated rings. The average molecular weight is 289 g/mol. The highest BCUT2D eigenvalue weighted by Gasteiger charge is 2.10. The average Bonchev–Trinajstić information content (AvgIpc) is 2.73. The maximum atomic E-state index is 5.34. The quantitative estimate of drug-likeness (QED) is 0.863. The Kier molecular flexibility index (Phi) is 4.61. The van der Waals surface area contributed by atoms with E-state index in [9.17, 15) is 0 Å². The minimum atomic E-state index is 0.147. The second-order valence-electron chi connectivity index (χ2n) is 6.13. The molecule has 0 saturated heterocycles. The Balaban J connectivity index is 2.08. The smallest absolute Gasteiger partial charge is 0.114 e. The van der Waals surface area contributed by atoms with Crippen molar-refractivity contribution in [1.82, 2.24) is 5.32 Å². The molecular weight excluding hydrogens is 266 g/mol. The summed E-state index contributed by atoms with van der Waals surface area (Å²) in [5.74, 6) is 0.978. The van der Waals surface area contributed by atoms with Crippen LogP contribution in [0.5, 0.6) is 0 Å². The van der Waals surface area contributed by atoms with Crippen molar-refractivity contribution in [1.29, 1.82) is 0 Å². The fraction of sp³-hybridized carbons (Fsp3) is 0.412. The summed E-state index contributed by atoms with van der Waals surface area (Å²) in [6.07, 6.45) is 1.74. The molecule has 1 aromatic heterocycles. The van der Waals surface area contributed by atoms with Gasteiger partial charge in [0.1, 0.15) is 5.76 Å². The molecule has 3 heteroatoms. The molecule has 0 amide bonds. The molecule has 1 N–H and O–H groups in total. The fourth-order valence-electron chi connectivity index (χ4n) is 1.90. The Morgan fingerprint density at radius 1 is 1.15 bits per heavy atom. The van der Waals surface area contributed by atoms with Crippen molar-refractivity contribution >= 4 is 11.8 Å². The Morgan fingerprint density at radius 2 is 1.90 bits per heavy atom. The summed E-state index contributed by atoms with van der Waals surface area (Å²) in [6.45, 7) is 11.6. The van der Waals surface area contributed by atoms with Crippen LogP contribution in [0.2, 0.25) is 0 Å². The molecule has 0 spiro atoms. The van der Waals surface area contributed by atoms with Crippen molar-refractivity contribution in [2.24, 2.45) is 0 Å². The van der Waals surface area contributed by atoms with Gasteiger partial charge in [-0.3, -0.25) is 0 Å². The van der Waals surface area contributed by atoms with Crippen molar-refractivity contribution in [3.63, 3.8) is 0 Å². The standard InChI is InChI=1S/C17H23NOS/c1-12-10-15(20-16-8-9-19-13(16)2)7-6-14(12)11-18-17(3,4)5/h6-10,18H,11H2,1-5H3. The first kappa shape index (κ1) is 15.2. The second-order valence-corrected chi connectivity index (χ2v) is 7.25. The van der Waals surface area contributed by atoms with E-state index in [-0.39, 0.29) is 5.54 Å². The minimum absolute atomic E-state index is 0.147. The van der Waals surface area contributed by atoms with E-state index in [0.29, 0.717) is 0 Å². The summed E-state index contributed by atoms with van der Waals surface area (Å²) in [4.78, 5) is 2.44. The zero-order chi connectivity index (χ0) is 14.8. The summed E-state index contributed by atoms with van der Waals surface area (Å²) in [7, 11) is 0. The van der Waals surface area contributed by atoms with Crippen molar-refractivity contribution < 1.29 is 4.42 Å². The van der Waals surface area contributed by atoms with Gasteiger partial charge in [0.25, 0.3) is 0 Å². The SMILES string of the molecule is Cc1cc(Sc2ccoc2C)ccc1CNC(C)(C)C. The van der Waals surface area contributed by atoms with Gasteiger partial charge in [-0.25, -0.2) is 0 Å². The van der Waals surface area contributed by atoms with Crippen LogP contribution in [0.25, 0.3) is 0 Å². The largest absolute Gasteiger partial charge is 0.468 e. The minimum Gasteiger partial charge on any atom is -0.468 e. The lowest BCUT2D eigenvalue weighted by Crippen LogP contribution is -2.35. The molecule has 0 bridgehead atoms. The molecule has 2 nitrogen and oxygen atoms in total. The molecular formula is C17H23NOS. The van der Waals surface area contributed by atoms with Crippen LogP contribution in [-0.2, 0) is 6.54 Å². The zero-order valence-corrected chi connectivity index (χ0v) is 13.7. The number of nitrogens with one attached hydrogen (secondary N) is 1. The topological polar surface area (TPSA) is 25.2 Å². The number of furan rings is 1.